The first-order valence-corrected chi connectivity index (χ1v) is 14.4. The molecule has 0 bridgehead atoms. The third kappa shape index (κ3) is 3.81. The normalized spacial score (nSPS) is 22.5. The molecular weight excluding hydrogens is 533 g/mol. The molecule has 4 heterocycles. The number of halogens is 1. The molecule has 2 fully saturated rings. The highest BCUT2D eigenvalue weighted by Crippen LogP contribution is 2.65. The quantitative estimate of drug-likeness (QED) is 0.301. The number of ether oxygens (including phenoxy) is 1. The van der Waals surface area contributed by atoms with Crippen molar-refractivity contribution >= 4 is 20.9 Å². The van der Waals surface area contributed by atoms with Crippen molar-refractivity contribution in [3.63, 3.8) is 0 Å². The minimum atomic E-state index is -3.81. The molecule has 10 nitrogen and oxygen atoms in total. The van der Waals surface area contributed by atoms with Crippen LogP contribution in [0.1, 0.15) is 11.1 Å². The Morgan fingerprint density at radius 3 is 2.65 bits per heavy atom. The van der Waals surface area contributed by atoms with E-state index in [2.05, 4.69) is 32.4 Å². The average Bonchev–Trinajstić information content (AvgIpc) is 3.40. The van der Waals surface area contributed by atoms with Gasteiger partial charge in [-0.15, -0.1) is 5.10 Å². The monoisotopic (exact) mass is 559 g/mol. The lowest BCUT2D eigenvalue weighted by Crippen LogP contribution is -2.36. The number of nitrogens with zero attached hydrogens (tertiary/aromatic N) is 7. The van der Waals surface area contributed by atoms with Gasteiger partial charge in [0.2, 0.25) is 10.9 Å². The summed E-state index contributed by atoms with van der Waals surface area (Å²) in [6.07, 6.45) is 4.76. The lowest BCUT2D eigenvalue weighted by atomic mass is 9.88. The summed E-state index contributed by atoms with van der Waals surface area (Å²) in [7, 11) is -2.21. The average molecular weight is 560 g/mol. The van der Waals surface area contributed by atoms with E-state index >= 15 is 0 Å². The number of piperidine rings is 1. The molecule has 40 heavy (non-hydrogen) atoms. The van der Waals surface area contributed by atoms with Gasteiger partial charge in [0.25, 0.3) is 10.0 Å². The molecule has 7 rings (SSSR count). The fourth-order valence-corrected chi connectivity index (χ4v) is 7.70. The van der Waals surface area contributed by atoms with Gasteiger partial charge in [-0.1, -0.05) is 6.07 Å². The summed E-state index contributed by atoms with van der Waals surface area (Å²) < 4.78 is 49.9. The number of aromatic nitrogens is 6. The van der Waals surface area contributed by atoms with E-state index in [0.717, 1.165) is 27.7 Å². The van der Waals surface area contributed by atoms with Gasteiger partial charge in [0.15, 0.2) is 0 Å². The Bertz CT molecular complexity index is 1840. The number of pyridine rings is 1. The van der Waals surface area contributed by atoms with Crippen LogP contribution in [0.25, 0.3) is 16.6 Å². The molecule has 12 heteroatoms. The smallest absolute Gasteiger partial charge is 0.264 e. The highest BCUT2D eigenvalue weighted by Gasteiger charge is 2.71. The molecule has 0 N–H and O–H groups in total. The number of sulfonamides is 1. The third-order valence-corrected chi connectivity index (χ3v) is 9.93. The number of hydrogen-bond donors (Lipinski definition) is 0. The van der Waals surface area contributed by atoms with Crippen LogP contribution in [-0.4, -0.2) is 62.2 Å². The standard InChI is InChI=1S/C28H26FN7O3S/c1-18-11-25-19(13-32-36(25)21-8-6-20(29)7-9-21)12-22(18)28-17-35(40(37,38)27-14-31-34(2)33-27)15-23(28)24(28)16-39-26-5-3-4-10-30-26/h3-14,23-24H,15-17H2,1-2H3/t23?,24-,28+/m1/s1. The minimum absolute atomic E-state index is 0.0551. The summed E-state index contributed by atoms with van der Waals surface area (Å²) in [6.45, 7) is 3.14. The fourth-order valence-electron chi connectivity index (χ4n) is 6.29. The maximum absolute atomic E-state index is 13.5. The molecule has 0 radical (unpaired) electrons. The Balaban J connectivity index is 1.26. The Morgan fingerprint density at radius 1 is 1.10 bits per heavy atom. The van der Waals surface area contributed by atoms with E-state index in [4.69, 9.17) is 4.74 Å². The zero-order valence-electron chi connectivity index (χ0n) is 21.8. The predicted octanol–water partition coefficient (Wildman–Crippen LogP) is 3.26. The highest BCUT2D eigenvalue weighted by atomic mass is 32.2. The number of fused-ring (bicyclic) bond motifs is 2. The molecule has 0 spiro atoms. The van der Waals surface area contributed by atoms with Crippen molar-refractivity contribution in [2.24, 2.45) is 18.9 Å². The number of rotatable bonds is 7. The molecule has 1 saturated carbocycles. The summed E-state index contributed by atoms with van der Waals surface area (Å²) >= 11 is 0. The molecule has 3 atom stereocenters. The van der Waals surface area contributed by atoms with Gasteiger partial charge in [-0.25, -0.2) is 22.5 Å². The van der Waals surface area contributed by atoms with Crippen LogP contribution in [0.3, 0.4) is 0 Å². The van der Waals surface area contributed by atoms with Crippen molar-refractivity contribution in [3.8, 4) is 11.6 Å². The minimum Gasteiger partial charge on any atom is -0.477 e. The lowest BCUT2D eigenvalue weighted by Gasteiger charge is -2.24. The summed E-state index contributed by atoms with van der Waals surface area (Å²) in [5.41, 5.74) is 3.33. The molecule has 5 aromatic rings. The molecular formula is C28H26FN7O3S. The van der Waals surface area contributed by atoms with Crippen molar-refractivity contribution in [1.82, 2.24) is 34.1 Å². The molecule has 0 amide bonds. The number of hydrogen-bond acceptors (Lipinski definition) is 7. The number of benzene rings is 2. The lowest BCUT2D eigenvalue weighted by molar-refractivity contribution is 0.253. The summed E-state index contributed by atoms with van der Waals surface area (Å²) in [4.78, 5) is 5.53. The second-order valence-corrected chi connectivity index (χ2v) is 12.3. The van der Waals surface area contributed by atoms with Crippen LogP contribution in [0.4, 0.5) is 4.39 Å². The van der Waals surface area contributed by atoms with Gasteiger partial charge in [-0.2, -0.15) is 19.3 Å². The van der Waals surface area contributed by atoms with E-state index < -0.39 is 15.4 Å². The van der Waals surface area contributed by atoms with E-state index in [1.807, 2.05) is 25.1 Å². The van der Waals surface area contributed by atoms with Crippen LogP contribution >= 0.6 is 0 Å². The van der Waals surface area contributed by atoms with Crippen LogP contribution in [0.2, 0.25) is 0 Å². The van der Waals surface area contributed by atoms with Crippen LogP contribution in [-0.2, 0) is 22.5 Å². The van der Waals surface area contributed by atoms with Gasteiger partial charge in [0.1, 0.15) is 5.82 Å². The second kappa shape index (κ2) is 8.93. The molecule has 1 saturated heterocycles. The SMILES string of the molecule is Cc1cc2c(cnn2-c2ccc(F)cc2)cc1[C@@]12CN(S(=O)(=O)c3cnn(C)n3)CC1[C@H]2COc1ccccn1. The second-order valence-electron chi connectivity index (χ2n) is 10.5. The Labute approximate surface area is 230 Å². The van der Waals surface area contributed by atoms with Crippen molar-refractivity contribution < 1.29 is 17.5 Å². The van der Waals surface area contributed by atoms with Crippen molar-refractivity contribution in [2.75, 3.05) is 19.7 Å². The van der Waals surface area contributed by atoms with Gasteiger partial charge >= 0.3 is 0 Å². The summed E-state index contributed by atoms with van der Waals surface area (Å²) in [5.74, 6) is 0.398. The van der Waals surface area contributed by atoms with Gasteiger partial charge < -0.3 is 4.74 Å². The van der Waals surface area contributed by atoms with Gasteiger partial charge in [-0.05, 0) is 66.4 Å². The van der Waals surface area contributed by atoms with Crippen LogP contribution in [0, 0.1) is 24.6 Å². The molecule has 2 aliphatic rings. The van der Waals surface area contributed by atoms with Crippen LogP contribution < -0.4 is 4.74 Å². The van der Waals surface area contributed by atoms with E-state index in [9.17, 15) is 12.8 Å². The topological polar surface area (TPSA) is 108 Å². The molecule has 1 aliphatic heterocycles. The molecule has 204 valence electrons. The third-order valence-electron chi connectivity index (χ3n) is 8.26. The van der Waals surface area contributed by atoms with E-state index in [0.29, 0.717) is 25.6 Å². The largest absolute Gasteiger partial charge is 0.477 e. The van der Waals surface area contributed by atoms with Crippen molar-refractivity contribution in [1.29, 1.82) is 0 Å². The molecule has 3 aromatic heterocycles. The zero-order valence-corrected chi connectivity index (χ0v) is 22.7. The van der Waals surface area contributed by atoms with Gasteiger partial charge in [-0.3, -0.25) is 0 Å². The van der Waals surface area contributed by atoms with E-state index in [-0.39, 0.29) is 22.7 Å². The first-order chi connectivity index (χ1) is 19.3. The van der Waals surface area contributed by atoms with E-state index in [1.54, 1.807) is 36.3 Å². The Kier molecular flexibility index (Phi) is 5.55. The highest BCUT2D eigenvalue weighted by molar-refractivity contribution is 7.89. The fraction of sp³-hybridized carbons (Fsp3) is 0.286. The molecule has 1 unspecified atom stereocenters. The van der Waals surface area contributed by atoms with Crippen molar-refractivity contribution in [3.05, 3.63) is 90.1 Å². The van der Waals surface area contributed by atoms with Crippen LogP contribution in [0.15, 0.2) is 78.2 Å². The maximum Gasteiger partial charge on any atom is 0.264 e. The van der Waals surface area contributed by atoms with E-state index in [1.165, 1.54) is 27.4 Å². The first kappa shape index (κ1) is 24.9. The van der Waals surface area contributed by atoms with Crippen LogP contribution in [0.5, 0.6) is 5.88 Å². The molecule has 1 aliphatic carbocycles. The zero-order chi connectivity index (χ0) is 27.6. The number of aryl methyl sites for hydroxylation is 2. The first-order valence-electron chi connectivity index (χ1n) is 12.9. The Morgan fingerprint density at radius 2 is 1.93 bits per heavy atom. The molecule has 2 aromatic carbocycles. The maximum atomic E-state index is 13.5. The summed E-state index contributed by atoms with van der Waals surface area (Å²) in [6, 6.07) is 15.9. The van der Waals surface area contributed by atoms with Gasteiger partial charge in [0, 0.05) is 49.1 Å². The van der Waals surface area contributed by atoms with Gasteiger partial charge in [0.05, 0.1) is 30.2 Å². The predicted molar refractivity (Wildman–Crippen MR) is 144 cm³/mol. The van der Waals surface area contributed by atoms with Crippen molar-refractivity contribution in [2.45, 2.75) is 17.4 Å². The Hall–Kier alpha value is -4.16. The summed E-state index contributed by atoms with van der Waals surface area (Å²) in [5, 5.41) is 13.5.